The van der Waals surface area contributed by atoms with Gasteiger partial charge in [0.25, 0.3) is 5.22 Å². The smallest absolute Gasteiger partial charge is 0.281 e. The Bertz CT molecular complexity index is 562. The minimum atomic E-state index is 0.518. The standard InChI is InChI=1S/C13H16ClN3O2S/c1-9-16-17-13(19-9)20-11-4-3-10(12(14)7-11)8-15-5-6-18-2/h3-4,7,15H,5-6,8H2,1-2H3. The third-order valence-electron chi connectivity index (χ3n) is 2.54. The minimum absolute atomic E-state index is 0.518. The molecule has 0 aliphatic carbocycles. The van der Waals surface area contributed by atoms with E-state index in [4.69, 9.17) is 20.8 Å². The Balaban J connectivity index is 1.94. The van der Waals surface area contributed by atoms with Gasteiger partial charge in [-0.05, 0) is 29.5 Å². The van der Waals surface area contributed by atoms with Crippen molar-refractivity contribution in [2.24, 2.45) is 0 Å². The van der Waals surface area contributed by atoms with Gasteiger partial charge >= 0.3 is 0 Å². The van der Waals surface area contributed by atoms with E-state index in [-0.39, 0.29) is 0 Å². The first kappa shape index (κ1) is 15.3. The summed E-state index contributed by atoms with van der Waals surface area (Å²) in [5.74, 6) is 0.553. The molecule has 0 saturated carbocycles. The van der Waals surface area contributed by atoms with Crippen LogP contribution in [-0.2, 0) is 11.3 Å². The summed E-state index contributed by atoms with van der Waals surface area (Å²) in [6.07, 6.45) is 0. The van der Waals surface area contributed by atoms with Gasteiger partial charge in [0.2, 0.25) is 5.89 Å². The van der Waals surface area contributed by atoms with Crippen LogP contribution in [0.1, 0.15) is 11.5 Å². The van der Waals surface area contributed by atoms with E-state index >= 15 is 0 Å². The van der Waals surface area contributed by atoms with Crippen molar-refractivity contribution in [2.75, 3.05) is 20.3 Å². The van der Waals surface area contributed by atoms with E-state index in [2.05, 4.69) is 15.5 Å². The van der Waals surface area contributed by atoms with E-state index < -0.39 is 0 Å². The lowest BCUT2D eigenvalue weighted by atomic mass is 10.2. The van der Waals surface area contributed by atoms with Gasteiger partial charge in [-0.3, -0.25) is 0 Å². The van der Waals surface area contributed by atoms with Crippen LogP contribution in [0.5, 0.6) is 0 Å². The van der Waals surface area contributed by atoms with Crippen LogP contribution in [0.4, 0.5) is 0 Å². The SMILES string of the molecule is COCCNCc1ccc(Sc2nnc(C)o2)cc1Cl. The van der Waals surface area contributed by atoms with Crippen LogP contribution < -0.4 is 5.32 Å². The average Bonchev–Trinajstić information content (AvgIpc) is 2.82. The maximum Gasteiger partial charge on any atom is 0.281 e. The Labute approximate surface area is 127 Å². The van der Waals surface area contributed by atoms with Crippen molar-refractivity contribution in [1.29, 1.82) is 0 Å². The number of aryl methyl sites for hydroxylation is 1. The van der Waals surface area contributed by atoms with Crippen molar-refractivity contribution in [3.8, 4) is 0 Å². The van der Waals surface area contributed by atoms with Gasteiger partial charge < -0.3 is 14.5 Å². The summed E-state index contributed by atoms with van der Waals surface area (Å²) in [5.41, 5.74) is 1.05. The van der Waals surface area contributed by atoms with Crippen molar-refractivity contribution in [2.45, 2.75) is 23.6 Å². The molecule has 0 bridgehead atoms. The monoisotopic (exact) mass is 313 g/mol. The topological polar surface area (TPSA) is 60.2 Å². The Morgan fingerprint density at radius 2 is 2.25 bits per heavy atom. The molecule has 0 unspecified atom stereocenters. The van der Waals surface area contributed by atoms with Gasteiger partial charge in [0.1, 0.15) is 0 Å². The second-order valence-corrected chi connectivity index (χ2v) is 5.54. The zero-order valence-electron chi connectivity index (χ0n) is 11.4. The van der Waals surface area contributed by atoms with Crippen molar-refractivity contribution < 1.29 is 9.15 Å². The molecular formula is C13H16ClN3O2S. The van der Waals surface area contributed by atoms with Crippen molar-refractivity contribution in [1.82, 2.24) is 15.5 Å². The molecule has 0 aliphatic heterocycles. The third kappa shape index (κ3) is 4.49. The number of aromatic nitrogens is 2. The van der Waals surface area contributed by atoms with Gasteiger partial charge in [0.05, 0.1) is 6.61 Å². The van der Waals surface area contributed by atoms with Crippen LogP contribution >= 0.6 is 23.4 Å². The van der Waals surface area contributed by atoms with Gasteiger partial charge in [-0.15, -0.1) is 10.2 Å². The van der Waals surface area contributed by atoms with Crippen LogP contribution in [0.3, 0.4) is 0 Å². The summed E-state index contributed by atoms with van der Waals surface area (Å²) in [5, 5.41) is 12.2. The summed E-state index contributed by atoms with van der Waals surface area (Å²) in [6.45, 7) is 3.96. The lowest BCUT2D eigenvalue weighted by Gasteiger charge is -2.07. The summed E-state index contributed by atoms with van der Waals surface area (Å²) in [6, 6.07) is 5.89. The molecule has 1 aromatic heterocycles. The van der Waals surface area contributed by atoms with E-state index in [1.165, 1.54) is 11.8 Å². The zero-order chi connectivity index (χ0) is 14.4. The molecule has 5 nitrogen and oxygen atoms in total. The van der Waals surface area contributed by atoms with E-state index in [0.29, 0.717) is 24.3 Å². The number of rotatable bonds is 7. The van der Waals surface area contributed by atoms with Gasteiger partial charge in [0.15, 0.2) is 0 Å². The maximum atomic E-state index is 6.26. The van der Waals surface area contributed by atoms with Gasteiger partial charge in [-0.2, -0.15) is 0 Å². The molecule has 7 heteroatoms. The highest BCUT2D eigenvalue weighted by Gasteiger charge is 2.07. The fourth-order valence-electron chi connectivity index (χ4n) is 1.55. The Hall–Kier alpha value is -1.08. The molecule has 0 atom stereocenters. The van der Waals surface area contributed by atoms with Crippen LogP contribution in [0.15, 0.2) is 32.7 Å². The lowest BCUT2D eigenvalue weighted by Crippen LogP contribution is -2.18. The highest BCUT2D eigenvalue weighted by atomic mass is 35.5. The Morgan fingerprint density at radius 3 is 2.90 bits per heavy atom. The summed E-state index contributed by atoms with van der Waals surface area (Å²) in [4.78, 5) is 0.972. The molecule has 20 heavy (non-hydrogen) atoms. The highest BCUT2D eigenvalue weighted by Crippen LogP contribution is 2.29. The molecule has 0 amide bonds. The molecule has 2 aromatic rings. The number of methoxy groups -OCH3 is 1. The van der Waals surface area contributed by atoms with Crippen molar-refractivity contribution >= 4 is 23.4 Å². The minimum Gasteiger partial charge on any atom is -0.416 e. The first-order valence-corrected chi connectivity index (χ1v) is 7.34. The molecule has 1 aromatic carbocycles. The number of hydrogen-bond acceptors (Lipinski definition) is 6. The number of nitrogens with one attached hydrogen (secondary N) is 1. The van der Waals surface area contributed by atoms with Gasteiger partial charge in [-0.25, -0.2) is 0 Å². The van der Waals surface area contributed by atoms with E-state index in [9.17, 15) is 0 Å². The predicted molar refractivity (Wildman–Crippen MR) is 78.2 cm³/mol. The number of halogens is 1. The normalized spacial score (nSPS) is 10.9. The number of benzene rings is 1. The van der Waals surface area contributed by atoms with E-state index in [1.54, 1.807) is 14.0 Å². The predicted octanol–water partition coefficient (Wildman–Crippen LogP) is 2.92. The second kappa shape index (κ2) is 7.64. The molecule has 0 aliphatic rings. The Kier molecular flexibility index (Phi) is 5.85. The summed E-state index contributed by atoms with van der Waals surface area (Å²) < 4.78 is 10.3. The van der Waals surface area contributed by atoms with Crippen LogP contribution in [0.2, 0.25) is 5.02 Å². The summed E-state index contributed by atoms with van der Waals surface area (Å²) in [7, 11) is 1.68. The highest BCUT2D eigenvalue weighted by molar-refractivity contribution is 7.99. The average molecular weight is 314 g/mol. The van der Waals surface area contributed by atoms with Crippen molar-refractivity contribution in [3.63, 3.8) is 0 Å². The fraction of sp³-hybridized carbons (Fsp3) is 0.385. The molecule has 0 radical (unpaired) electrons. The lowest BCUT2D eigenvalue weighted by molar-refractivity contribution is 0.199. The fourth-order valence-corrected chi connectivity index (χ4v) is 2.62. The quantitative estimate of drug-likeness (QED) is 0.793. The molecular weight excluding hydrogens is 298 g/mol. The largest absolute Gasteiger partial charge is 0.416 e. The molecule has 2 rings (SSSR count). The zero-order valence-corrected chi connectivity index (χ0v) is 12.9. The first-order valence-electron chi connectivity index (χ1n) is 6.15. The summed E-state index contributed by atoms with van der Waals surface area (Å²) >= 11 is 7.66. The van der Waals surface area contributed by atoms with E-state index in [0.717, 1.165) is 22.0 Å². The molecule has 0 saturated heterocycles. The molecule has 1 N–H and O–H groups in total. The van der Waals surface area contributed by atoms with Gasteiger partial charge in [-0.1, -0.05) is 17.7 Å². The van der Waals surface area contributed by atoms with Crippen LogP contribution in [0.25, 0.3) is 0 Å². The first-order chi connectivity index (χ1) is 9.69. The molecule has 108 valence electrons. The van der Waals surface area contributed by atoms with Crippen molar-refractivity contribution in [3.05, 3.63) is 34.7 Å². The number of ether oxygens (including phenoxy) is 1. The Morgan fingerprint density at radius 1 is 1.40 bits per heavy atom. The molecule has 1 heterocycles. The maximum absolute atomic E-state index is 6.26. The molecule has 0 fully saturated rings. The number of nitrogens with zero attached hydrogens (tertiary/aromatic N) is 2. The molecule has 0 spiro atoms. The number of hydrogen-bond donors (Lipinski definition) is 1. The van der Waals surface area contributed by atoms with Crippen LogP contribution in [0, 0.1) is 6.92 Å². The third-order valence-corrected chi connectivity index (χ3v) is 3.72. The van der Waals surface area contributed by atoms with Gasteiger partial charge in [0, 0.05) is 37.0 Å². The van der Waals surface area contributed by atoms with Crippen LogP contribution in [-0.4, -0.2) is 30.5 Å². The second-order valence-electron chi connectivity index (χ2n) is 4.11. The van der Waals surface area contributed by atoms with E-state index in [1.807, 2.05) is 18.2 Å².